The molecule has 4 rings (SSSR count). The normalized spacial score (nSPS) is 21.4. The SMILES string of the molecule is Cc1cncnc1C1CCN(Cc2cnc(NC[C@@H]3CCCO3)nc2)CC1. The summed E-state index contributed by atoms with van der Waals surface area (Å²) in [5, 5.41) is 3.27. The van der Waals surface area contributed by atoms with Crippen molar-refractivity contribution in [2.45, 2.75) is 51.2 Å². The third-order valence-corrected chi connectivity index (χ3v) is 5.53. The van der Waals surface area contributed by atoms with E-state index in [0.717, 1.165) is 64.0 Å². The molecule has 1 N–H and O–H groups in total. The summed E-state index contributed by atoms with van der Waals surface area (Å²) in [6.07, 6.45) is 12.3. The minimum atomic E-state index is 0.299. The Bertz CT molecular complexity index is 724. The lowest BCUT2D eigenvalue weighted by atomic mass is 9.91. The fraction of sp³-hybridized carbons (Fsp3) is 0.600. The van der Waals surface area contributed by atoms with E-state index in [4.69, 9.17) is 4.74 Å². The molecule has 2 aromatic heterocycles. The van der Waals surface area contributed by atoms with E-state index in [0.29, 0.717) is 18.0 Å². The van der Waals surface area contributed by atoms with E-state index in [1.54, 1.807) is 6.33 Å². The van der Waals surface area contributed by atoms with E-state index in [-0.39, 0.29) is 0 Å². The van der Waals surface area contributed by atoms with Gasteiger partial charge in [-0.2, -0.15) is 0 Å². The molecule has 0 bridgehead atoms. The van der Waals surface area contributed by atoms with E-state index in [1.165, 1.54) is 11.3 Å². The summed E-state index contributed by atoms with van der Waals surface area (Å²) in [6.45, 7) is 6.82. The highest BCUT2D eigenvalue weighted by Crippen LogP contribution is 2.28. The van der Waals surface area contributed by atoms with E-state index in [2.05, 4.69) is 37.1 Å². The molecule has 0 aliphatic carbocycles. The fourth-order valence-corrected chi connectivity index (χ4v) is 4.00. The average molecular weight is 368 g/mol. The van der Waals surface area contributed by atoms with Crippen LogP contribution in [0.4, 0.5) is 5.95 Å². The Labute approximate surface area is 160 Å². The van der Waals surface area contributed by atoms with Gasteiger partial charge >= 0.3 is 0 Å². The third-order valence-electron chi connectivity index (χ3n) is 5.53. The van der Waals surface area contributed by atoms with Crippen molar-refractivity contribution in [3.05, 3.63) is 41.7 Å². The van der Waals surface area contributed by atoms with Gasteiger partial charge < -0.3 is 10.1 Å². The zero-order valence-electron chi connectivity index (χ0n) is 16.0. The molecule has 1 atom stereocenters. The topological polar surface area (TPSA) is 76.1 Å². The van der Waals surface area contributed by atoms with Crippen LogP contribution in [0.25, 0.3) is 0 Å². The molecule has 2 aliphatic heterocycles. The van der Waals surface area contributed by atoms with Gasteiger partial charge in [0.05, 0.1) is 6.10 Å². The number of nitrogens with zero attached hydrogens (tertiary/aromatic N) is 5. The maximum atomic E-state index is 5.61. The zero-order chi connectivity index (χ0) is 18.5. The molecule has 0 unspecified atom stereocenters. The first-order valence-electron chi connectivity index (χ1n) is 9.93. The molecule has 0 spiro atoms. The van der Waals surface area contributed by atoms with Crippen LogP contribution < -0.4 is 5.32 Å². The molecule has 144 valence electrons. The van der Waals surface area contributed by atoms with Crippen molar-refractivity contribution in [2.75, 3.05) is 31.6 Å². The van der Waals surface area contributed by atoms with Crippen molar-refractivity contribution in [1.29, 1.82) is 0 Å². The average Bonchev–Trinajstić information content (AvgIpc) is 3.22. The number of rotatable bonds is 6. The second-order valence-corrected chi connectivity index (χ2v) is 7.57. The maximum absolute atomic E-state index is 5.61. The highest BCUT2D eigenvalue weighted by molar-refractivity contribution is 5.25. The molecular formula is C20H28N6O. The highest BCUT2D eigenvalue weighted by Gasteiger charge is 2.23. The molecule has 0 radical (unpaired) electrons. The summed E-state index contributed by atoms with van der Waals surface area (Å²) in [7, 11) is 0. The number of hydrogen-bond donors (Lipinski definition) is 1. The fourth-order valence-electron chi connectivity index (χ4n) is 4.00. The smallest absolute Gasteiger partial charge is 0.222 e. The first-order chi connectivity index (χ1) is 13.3. The minimum Gasteiger partial charge on any atom is -0.376 e. The minimum absolute atomic E-state index is 0.299. The van der Waals surface area contributed by atoms with Gasteiger partial charge in [0, 0.05) is 55.5 Å². The Balaban J connectivity index is 1.24. The summed E-state index contributed by atoms with van der Waals surface area (Å²) in [5.41, 5.74) is 3.58. The van der Waals surface area contributed by atoms with Gasteiger partial charge in [-0.25, -0.2) is 19.9 Å². The van der Waals surface area contributed by atoms with Crippen molar-refractivity contribution in [1.82, 2.24) is 24.8 Å². The lowest BCUT2D eigenvalue weighted by molar-refractivity contribution is 0.120. The molecular weight excluding hydrogens is 340 g/mol. The standard InChI is InChI=1S/C20H28N6O/c1-15-9-21-14-25-19(15)17-4-6-26(7-5-17)13-16-10-22-20(23-11-16)24-12-18-3-2-8-27-18/h9-11,14,17-18H,2-8,12-13H2,1H3,(H,22,23,24)/t18-/m0/s1. The molecule has 7 heteroatoms. The summed E-state index contributed by atoms with van der Waals surface area (Å²) < 4.78 is 5.61. The van der Waals surface area contributed by atoms with Crippen LogP contribution in [0.3, 0.4) is 0 Å². The van der Waals surface area contributed by atoms with Gasteiger partial charge in [0.25, 0.3) is 0 Å². The molecule has 7 nitrogen and oxygen atoms in total. The van der Waals surface area contributed by atoms with Gasteiger partial charge in [0.1, 0.15) is 6.33 Å². The lowest BCUT2D eigenvalue weighted by Crippen LogP contribution is -2.33. The Kier molecular flexibility index (Phi) is 5.89. The number of piperidine rings is 1. The number of ether oxygens (including phenoxy) is 1. The van der Waals surface area contributed by atoms with Crippen LogP contribution in [-0.4, -0.2) is 57.2 Å². The summed E-state index contributed by atoms with van der Waals surface area (Å²) >= 11 is 0. The Morgan fingerprint density at radius 1 is 1.11 bits per heavy atom. The van der Waals surface area contributed by atoms with Crippen molar-refractivity contribution < 1.29 is 4.74 Å². The first kappa shape index (κ1) is 18.3. The van der Waals surface area contributed by atoms with Gasteiger partial charge in [-0.05, 0) is 51.3 Å². The van der Waals surface area contributed by atoms with E-state index < -0.39 is 0 Å². The number of nitrogens with one attached hydrogen (secondary N) is 1. The Morgan fingerprint density at radius 2 is 1.93 bits per heavy atom. The van der Waals surface area contributed by atoms with Crippen LogP contribution in [0, 0.1) is 6.92 Å². The van der Waals surface area contributed by atoms with E-state index in [9.17, 15) is 0 Å². The number of aromatic nitrogens is 4. The largest absolute Gasteiger partial charge is 0.376 e. The third kappa shape index (κ3) is 4.78. The van der Waals surface area contributed by atoms with Crippen LogP contribution >= 0.6 is 0 Å². The molecule has 0 saturated carbocycles. The summed E-state index contributed by atoms with van der Waals surface area (Å²) in [4.78, 5) is 20.0. The molecule has 0 aromatic carbocycles. The van der Waals surface area contributed by atoms with Crippen LogP contribution in [0.2, 0.25) is 0 Å². The van der Waals surface area contributed by atoms with Gasteiger partial charge in [-0.15, -0.1) is 0 Å². The zero-order valence-corrected chi connectivity index (χ0v) is 16.0. The molecule has 4 heterocycles. The van der Waals surface area contributed by atoms with Crippen LogP contribution in [0.5, 0.6) is 0 Å². The van der Waals surface area contributed by atoms with E-state index in [1.807, 2.05) is 18.6 Å². The van der Waals surface area contributed by atoms with Crippen LogP contribution in [0.1, 0.15) is 48.4 Å². The number of anilines is 1. The molecule has 2 fully saturated rings. The van der Waals surface area contributed by atoms with Crippen LogP contribution in [0.15, 0.2) is 24.9 Å². The second kappa shape index (κ2) is 8.71. The molecule has 2 saturated heterocycles. The van der Waals surface area contributed by atoms with Crippen molar-refractivity contribution in [3.8, 4) is 0 Å². The molecule has 0 amide bonds. The first-order valence-corrected chi connectivity index (χ1v) is 9.93. The Hall–Kier alpha value is -2.12. The number of hydrogen-bond acceptors (Lipinski definition) is 7. The quantitative estimate of drug-likeness (QED) is 0.840. The van der Waals surface area contributed by atoms with Gasteiger partial charge in [-0.1, -0.05) is 0 Å². The van der Waals surface area contributed by atoms with Crippen LogP contribution in [-0.2, 0) is 11.3 Å². The van der Waals surface area contributed by atoms with Crippen molar-refractivity contribution in [3.63, 3.8) is 0 Å². The van der Waals surface area contributed by atoms with Gasteiger partial charge in [-0.3, -0.25) is 4.90 Å². The number of likely N-dealkylation sites (tertiary alicyclic amines) is 1. The van der Waals surface area contributed by atoms with E-state index >= 15 is 0 Å². The maximum Gasteiger partial charge on any atom is 0.222 e. The molecule has 27 heavy (non-hydrogen) atoms. The van der Waals surface area contributed by atoms with Crippen molar-refractivity contribution in [2.24, 2.45) is 0 Å². The summed E-state index contributed by atoms with van der Waals surface area (Å²) in [5.74, 6) is 1.23. The molecule has 2 aromatic rings. The Morgan fingerprint density at radius 3 is 2.63 bits per heavy atom. The van der Waals surface area contributed by atoms with Crippen molar-refractivity contribution >= 4 is 5.95 Å². The monoisotopic (exact) mass is 368 g/mol. The lowest BCUT2D eigenvalue weighted by Gasteiger charge is -2.32. The predicted molar refractivity (Wildman–Crippen MR) is 104 cm³/mol. The second-order valence-electron chi connectivity index (χ2n) is 7.57. The highest BCUT2D eigenvalue weighted by atomic mass is 16.5. The number of aryl methyl sites for hydroxylation is 1. The predicted octanol–water partition coefficient (Wildman–Crippen LogP) is 2.55. The van der Waals surface area contributed by atoms with Gasteiger partial charge in [0.15, 0.2) is 0 Å². The molecule has 2 aliphatic rings. The van der Waals surface area contributed by atoms with Gasteiger partial charge in [0.2, 0.25) is 5.95 Å². The summed E-state index contributed by atoms with van der Waals surface area (Å²) in [6, 6.07) is 0.